The summed E-state index contributed by atoms with van der Waals surface area (Å²) in [6.07, 6.45) is 11.5. The SMILES string of the molecule is CN1CCN=C1NN=CC1CC[C@@]2(O)[C@@H]3CCC4CC(O)CC[C@]4(C)[C@@H]3CC[C@]12C. The van der Waals surface area contributed by atoms with Crippen LogP contribution < -0.4 is 5.43 Å². The minimum Gasteiger partial charge on any atom is -0.393 e. The molecule has 0 saturated heterocycles. The Morgan fingerprint density at radius 3 is 2.70 bits per heavy atom. The number of guanidine groups is 1. The molecule has 0 spiro atoms. The van der Waals surface area contributed by atoms with Gasteiger partial charge in [-0.3, -0.25) is 0 Å². The highest BCUT2D eigenvalue weighted by Crippen LogP contribution is 2.68. The van der Waals surface area contributed by atoms with Crippen LogP contribution in [0.2, 0.25) is 0 Å². The molecule has 4 saturated carbocycles. The van der Waals surface area contributed by atoms with Crippen molar-refractivity contribution in [3.8, 4) is 0 Å². The summed E-state index contributed by atoms with van der Waals surface area (Å²) in [6.45, 7) is 6.57. The maximum absolute atomic E-state index is 12.2. The zero-order chi connectivity index (χ0) is 21.1. The topological polar surface area (TPSA) is 80.5 Å². The Morgan fingerprint density at radius 1 is 1.10 bits per heavy atom. The number of fused-ring (bicyclic) bond motifs is 5. The fourth-order valence-corrected chi connectivity index (χ4v) is 8.32. The van der Waals surface area contributed by atoms with Crippen LogP contribution in [0, 0.1) is 34.5 Å². The zero-order valence-electron chi connectivity index (χ0n) is 19.0. The highest BCUT2D eigenvalue weighted by atomic mass is 16.3. The van der Waals surface area contributed by atoms with Gasteiger partial charge in [0.15, 0.2) is 0 Å². The van der Waals surface area contributed by atoms with Gasteiger partial charge < -0.3 is 15.1 Å². The maximum Gasteiger partial charge on any atom is 0.214 e. The number of likely N-dealkylation sites (N-methyl/N-ethyl adjacent to an activating group) is 1. The summed E-state index contributed by atoms with van der Waals surface area (Å²) in [7, 11) is 2.03. The molecule has 8 atom stereocenters. The van der Waals surface area contributed by atoms with Gasteiger partial charge in [0.2, 0.25) is 5.96 Å². The summed E-state index contributed by atoms with van der Waals surface area (Å²) >= 11 is 0. The lowest BCUT2D eigenvalue weighted by atomic mass is 9.43. The van der Waals surface area contributed by atoms with E-state index < -0.39 is 5.60 Å². The van der Waals surface area contributed by atoms with Crippen molar-refractivity contribution in [3.63, 3.8) is 0 Å². The third-order valence-electron chi connectivity index (χ3n) is 10.4. The molecule has 6 nitrogen and oxygen atoms in total. The summed E-state index contributed by atoms with van der Waals surface area (Å²) in [5.74, 6) is 2.77. The summed E-state index contributed by atoms with van der Waals surface area (Å²) in [5, 5.41) is 27.0. The van der Waals surface area contributed by atoms with Crippen LogP contribution in [0.15, 0.2) is 10.1 Å². The molecule has 1 aliphatic heterocycles. The van der Waals surface area contributed by atoms with Crippen LogP contribution in [-0.2, 0) is 0 Å². The molecule has 5 aliphatic rings. The van der Waals surface area contributed by atoms with Gasteiger partial charge in [0.1, 0.15) is 0 Å². The van der Waals surface area contributed by atoms with Crippen LogP contribution in [-0.4, -0.2) is 59.1 Å². The molecule has 4 fully saturated rings. The summed E-state index contributed by atoms with van der Waals surface area (Å²) in [4.78, 5) is 6.54. The molecule has 5 rings (SSSR count). The first kappa shape index (κ1) is 20.7. The van der Waals surface area contributed by atoms with E-state index in [2.05, 4.69) is 40.5 Å². The third kappa shape index (κ3) is 2.89. The minimum atomic E-state index is -0.585. The Kier molecular flexibility index (Phi) is 4.97. The number of aliphatic hydroxyl groups excluding tert-OH is 1. The number of aliphatic imine (C=N–C) groups is 1. The van der Waals surface area contributed by atoms with E-state index in [1.165, 1.54) is 12.8 Å². The first-order valence-electron chi connectivity index (χ1n) is 12.2. The molecule has 4 aliphatic carbocycles. The van der Waals surface area contributed by atoms with Crippen LogP contribution in [0.25, 0.3) is 0 Å². The Labute approximate surface area is 181 Å². The largest absolute Gasteiger partial charge is 0.393 e. The van der Waals surface area contributed by atoms with E-state index in [1.807, 2.05) is 7.05 Å². The number of hydrogen-bond donors (Lipinski definition) is 3. The maximum atomic E-state index is 12.2. The molecule has 0 radical (unpaired) electrons. The van der Waals surface area contributed by atoms with Crippen LogP contribution in [0.3, 0.4) is 0 Å². The number of hydrazone groups is 1. The van der Waals surface area contributed by atoms with Crippen molar-refractivity contribution in [1.29, 1.82) is 0 Å². The van der Waals surface area contributed by atoms with Gasteiger partial charge in [-0.05, 0) is 81.0 Å². The smallest absolute Gasteiger partial charge is 0.214 e. The molecule has 0 amide bonds. The normalized spacial score (nSPS) is 50.8. The lowest BCUT2D eigenvalue weighted by molar-refractivity contribution is -0.206. The Hall–Kier alpha value is -1.14. The number of nitrogens with zero attached hydrogens (tertiary/aromatic N) is 3. The van der Waals surface area contributed by atoms with Crippen LogP contribution in [0.4, 0.5) is 0 Å². The number of rotatable bonds is 2. The van der Waals surface area contributed by atoms with Crippen molar-refractivity contribution in [2.45, 2.75) is 83.3 Å². The molecule has 0 aromatic heterocycles. The second kappa shape index (κ2) is 7.19. The second-order valence-electron chi connectivity index (χ2n) is 11.5. The third-order valence-corrected chi connectivity index (χ3v) is 10.4. The van der Waals surface area contributed by atoms with Gasteiger partial charge in [0, 0.05) is 31.1 Å². The quantitative estimate of drug-likeness (QED) is 0.478. The van der Waals surface area contributed by atoms with Crippen LogP contribution >= 0.6 is 0 Å². The molecule has 1 heterocycles. The Morgan fingerprint density at radius 2 is 1.93 bits per heavy atom. The first-order chi connectivity index (χ1) is 14.3. The second-order valence-corrected chi connectivity index (χ2v) is 11.5. The number of hydrogen-bond acceptors (Lipinski definition) is 6. The molecule has 0 aromatic rings. The molecule has 168 valence electrons. The van der Waals surface area contributed by atoms with E-state index in [-0.39, 0.29) is 16.9 Å². The van der Waals surface area contributed by atoms with Crippen molar-refractivity contribution in [2.75, 3.05) is 20.1 Å². The summed E-state index contributed by atoms with van der Waals surface area (Å²) < 4.78 is 0. The number of nitrogens with one attached hydrogen (secondary N) is 1. The van der Waals surface area contributed by atoms with E-state index in [1.54, 1.807) is 0 Å². The van der Waals surface area contributed by atoms with E-state index in [9.17, 15) is 10.2 Å². The van der Waals surface area contributed by atoms with Crippen molar-refractivity contribution in [3.05, 3.63) is 0 Å². The lowest BCUT2D eigenvalue weighted by Gasteiger charge is -2.63. The van der Waals surface area contributed by atoms with Gasteiger partial charge in [-0.2, -0.15) is 5.10 Å². The van der Waals surface area contributed by atoms with E-state index in [0.29, 0.717) is 23.7 Å². The molecule has 3 unspecified atom stereocenters. The van der Waals surface area contributed by atoms with Gasteiger partial charge in [-0.25, -0.2) is 10.4 Å². The summed E-state index contributed by atoms with van der Waals surface area (Å²) in [6, 6.07) is 0. The predicted octanol–water partition coefficient (Wildman–Crippen LogP) is 3.00. The van der Waals surface area contributed by atoms with Crippen molar-refractivity contribution in [2.24, 2.45) is 44.6 Å². The van der Waals surface area contributed by atoms with E-state index >= 15 is 0 Å². The monoisotopic (exact) mass is 416 g/mol. The summed E-state index contributed by atoms with van der Waals surface area (Å²) in [5.41, 5.74) is 2.73. The van der Waals surface area contributed by atoms with Crippen LogP contribution in [0.1, 0.15) is 71.6 Å². The van der Waals surface area contributed by atoms with Gasteiger partial charge in [-0.15, -0.1) is 0 Å². The minimum absolute atomic E-state index is 0.0971. The fourth-order valence-electron chi connectivity index (χ4n) is 8.32. The van der Waals surface area contributed by atoms with Crippen molar-refractivity contribution < 1.29 is 10.2 Å². The molecule has 3 N–H and O–H groups in total. The average molecular weight is 417 g/mol. The van der Waals surface area contributed by atoms with Gasteiger partial charge in [0.25, 0.3) is 0 Å². The van der Waals surface area contributed by atoms with E-state index in [4.69, 9.17) is 0 Å². The highest BCUT2D eigenvalue weighted by Gasteiger charge is 2.66. The fraction of sp³-hybridized carbons (Fsp3) is 0.917. The number of aliphatic hydroxyl groups is 2. The zero-order valence-corrected chi connectivity index (χ0v) is 19.0. The van der Waals surface area contributed by atoms with Gasteiger partial charge in [0.05, 0.1) is 18.2 Å². The molecule has 0 bridgehead atoms. The van der Waals surface area contributed by atoms with E-state index in [0.717, 1.165) is 64.0 Å². The predicted molar refractivity (Wildman–Crippen MR) is 119 cm³/mol. The Bertz CT molecular complexity index is 741. The molecule has 30 heavy (non-hydrogen) atoms. The average Bonchev–Trinajstić information content (AvgIpc) is 3.23. The van der Waals surface area contributed by atoms with Crippen LogP contribution in [0.5, 0.6) is 0 Å². The molecule has 0 aromatic carbocycles. The molecule has 6 heteroatoms. The lowest BCUT2D eigenvalue weighted by Crippen LogP contribution is -2.62. The van der Waals surface area contributed by atoms with Crippen molar-refractivity contribution in [1.82, 2.24) is 10.3 Å². The molecular formula is C24H40N4O2. The van der Waals surface area contributed by atoms with Gasteiger partial charge in [-0.1, -0.05) is 13.8 Å². The first-order valence-corrected chi connectivity index (χ1v) is 12.2. The van der Waals surface area contributed by atoms with Gasteiger partial charge >= 0.3 is 0 Å². The van der Waals surface area contributed by atoms with Crippen molar-refractivity contribution >= 4 is 12.2 Å². The highest BCUT2D eigenvalue weighted by molar-refractivity contribution is 5.81. The molecular weight excluding hydrogens is 376 g/mol. The standard InChI is InChI=1S/C24H40N4O2/c1-22-9-7-18(29)14-16(22)4-5-20-19(22)8-10-23(2)17(6-11-24(20,23)30)15-26-27-21-25-12-13-28(21)3/h15-20,29-30H,4-14H2,1-3H3,(H,25,27)/t16?,17?,18?,19-,20-,22+,23-,24-/m1/s1. The Balaban J connectivity index is 1.34.